The zero-order valence-corrected chi connectivity index (χ0v) is 10.6. The molecular formula is C14H11N5O. The Morgan fingerprint density at radius 2 is 2.15 bits per heavy atom. The van der Waals surface area contributed by atoms with Crippen molar-refractivity contribution >= 4 is 16.6 Å². The van der Waals surface area contributed by atoms with Crippen LogP contribution in [0.2, 0.25) is 0 Å². The molecule has 0 aliphatic carbocycles. The minimum atomic E-state index is 0.525. The van der Waals surface area contributed by atoms with E-state index in [4.69, 9.17) is 0 Å². The molecule has 0 saturated carbocycles. The molecule has 0 aliphatic rings. The fraction of sp³-hybridized carbons (Fsp3) is 0.143. The minimum absolute atomic E-state index is 0.525. The van der Waals surface area contributed by atoms with Gasteiger partial charge in [0, 0.05) is 24.5 Å². The van der Waals surface area contributed by atoms with E-state index < -0.39 is 0 Å². The molecule has 0 fully saturated rings. The first kappa shape index (κ1) is 12.1. The van der Waals surface area contributed by atoms with Gasteiger partial charge in [0.15, 0.2) is 5.82 Å². The highest BCUT2D eigenvalue weighted by Gasteiger charge is 2.08. The van der Waals surface area contributed by atoms with Gasteiger partial charge in [-0.1, -0.05) is 23.4 Å². The van der Waals surface area contributed by atoms with Gasteiger partial charge in [-0.25, -0.2) is 0 Å². The van der Waals surface area contributed by atoms with Gasteiger partial charge in [-0.15, -0.1) is 0 Å². The van der Waals surface area contributed by atoms with E-state index >= 15 is 0 Å². The van der Waals surface area contributed by atoms with Gasteiger partial charge in [-0.2, -0.15) is 10.2 Å². The largest absolute Gasteiger partial charge is 0.383 e. The summed E-state index contributed by atoms with van der Waals surface area (Å²) in [4.78, 5) is 8.23. The number of nitrogens with one attached hydrogen (secondary N) is 1. The van der Waals surface area contributed by atoms with Crippen LogP contribution in [0.25, 0.3) is 10.9 Å². The Hall–Kier alpha value is -2.94. The Balaban J connectivity index is 1.87. The summed E-state index contributed by atoms with van der Waals surface area (Å²) in [6, 6.07) is 9.87. The number of benzene rings is 1. The Morgan fingerprint density at radius 1 is 1.25 bits per heavy atom. The molecule has 2 aromatic heterocycles. The van der Waals surface area contributed by atoms with Crippen molar-refractivity contribution in [3.8, 4) is 6.07 Å². The van der Waals surface area contributed by atoms with Crippen molar-refractivity contribution in [2.24, 2.45) is 0 Å². The zero-order chi connectivity index (χ0) is 13.8. The number of nitrogens with zero attached hydrogens (tertiary/aromatic N) is 4. The summed E-state index contributed by atoms with van der Waals surface area (Å²) < 4.78 is 4.68. The number of rotatable bonds is 4. The average molecular weight is 265 g/mol. The third kappa shape index (κ3) is 2.29. The molecule has 0 atom stereocenters. The quantitative estimate of drug-likeness (QED) is 0.777. The number of hydrogen-bond donors (Lipinski definition) is 1. The molecule has 1 N–H and O–H groups in total. The van der Waals surface area contributed by atoms with Crippen LogP contribution in [0.4, 0.5) is 5.69 Å². The molecule has 0 amide bonds. The number of fused-ring (bicyclic) bond motifs is 1. The number of pyridine rings is 1. The maximum absolute atomic E-state index is 9.19. The van der Waals surface area contributed by atoms with E-state index in [1.807, 2.05) is 24.3 Å². The van der Waals surface area contributed by atoms with Crippen molar-refractivity contribution < 1.29 is 4.52 Å². The monoisotopic (exact) mass is 265 g/mol. The molecular weight excluding hydrogens is 254 g/mol. The maximum Gasteiger partial charge on any atom is 0.213 e. The van der Waals surface area contributed by atoms with Gasteiger partial charge in [0.1, 0.15) is 6.07 Å². The highest BCUT2D eigenvalue weighted by molar-refractivity contribution is 5.93. The molecule has 0 spiro atoms. The van der Waals surface area contributed by atoms with E-state index in [2.05, 4.69) is 31.0 Å². The van der Waals surface area contributed by atoms with Crippen LogP contribution in [0.5, 0.6) is 0 Å². The summed E-state index contributed by atoms with van der Waals surface area (Å²) in [5.74, 6) is 0.634. The van der Waals surface area contributed by atoms with Crippen LogP contribution in [0, 0.1) is 11.3 Å². The first-order valence-electron chi connectivity index (χ1n) is 6.15. The lowest BCUT2D eigenvalue weighted by Crippen LogP contribution is -2.08. The molecule has 6 nitrogen and oxygen atoms in total. The molecule has 6 heteroatoms. The number of nitriles is 1. The van der Waals surface area contributed by atoms with E-state index in [0.717, 1.165) is 16.6 Å². The average Bonchev–Trinajstić information content (AvgIpc) is 3.00. The van der Waals surface area contributed by atoms with Crippen molar-refractivity contribution in [1.82, 2.24) is 15.1 Å². The number of anilines is 1. The fourth-order valence-corrected chi connectivity index (χ4v) is 2.02. The van der Waals surface area contributed by atoms with Gasteiger partial charge in [-0.05, 0) is 6.07 Å². The van der Waals surface area contributed by atoms with Crippen molar-refractivity contribution in [3.63, 3.8) is 0 Å². The molecule has 3 rings (SSSR count). The molecule has 0 saturated heterocycles. The molecule has 0 aliphatic heterocycles. The van der Waals surface area contributed by atoms with E-state index in [0.29, 0.717) is 24.4 Å². The van der Waals surface area contributed by atoms with Crippen LogP contribution in [-0.2, 0) is 6.42 Å². The summed E-state index contributed by atoms with van der Waals surface area (Å²) in [5, 5.41) is 17.1. The van der Waals surface area contributed by atoms with Gasteiger partial charge >= 0.3 is 0 Å². The summed E-state index contributed by atoms with van der Waals surface area (Å²) in [6.07, 6.45) is 3.51. The smallest absolute Gasteiger partial charge is 0.213 e. The van der Waals surface area contributed by atoms with Gasteiger partial charge in [0.05, 0.1) is 16.8 Å². The predicted octanol–water partition coefficient (Wildman–Crippen LogP) is 2.14. The number of para-hydroxylation sites is 1. The molecule has 2 heterocycles. The maximum atomic E-state index is 9.19. The molecule has 1 aromatic carbocycles. The lowest BCUT2D eigenvalue weighted by atomic mass is 10.1. The topological polar surface area (TPSA) is 87.6 Å². The lowest BCUT2D eigenvalue weighted by molar-refractivity contribution is 0.410. The van der Waals surface area contributed by atoms with Crippen molar-refractivity contribution in [3.05, 3.63) is 48.2 Å². The molecule has 0 radical (unpaired) electrons. The van der Waals surface area contributed by atoms with E-state index in [-0.39, 0.29) is 0 Å². The second kappa shape index (κ2) is 5.36. The summed E-state index contributed by atoms with van der Waals surface area (Å²) in [7, 11) is 0. The van der Waals surface area contributed by atoms with Crippen molar-refractivity contribution in [2.45, 2.75) is 6.42 Å². The van der Waals surface area contributed by atoms with Crippen LogP contribution in [0.3, 0.4) is 0 Å². The Bertz CT molecular complexity index is 761. The van der Waals surface area contributed by atoms with Gasteiger partial charge in [-0.3, -0.25) is 4.98 Å². The van der Waals surface area contributed by atoms with Gasteiger partial charge in [0.25, 0.3) is 0 Å². The standard InChI is InChI=1S/C14H11N5O/c15-7-10-8-17-12-4-2-1-3-11(12)14(10)16-6-5-13-18-9-20-19-13/h1-4,8-9H,5-6H2,(H,16,17). The third-order valence-corrected chi connectivity index (χ3v) is 2.95. The normalized spacial score (nSPS) is 10.3. The molecule has 0 unspecified atom stereocenters. The predicted molar refractivity (Wildman–Crippen MR) is 72.9 cm³/mol. The lowest BCUT2D eigenvalue weighted by Gasteiger charge is -2.10. The van der Waals surface area contributed by atoms with Crippen LogP contribution >= 0.6 is 0 Å². The fourth-order valence-electron chi connectivity index (χ4n) is 2.02. The Kier molecular flexibility index (Phi) is 3.25. The van der Waals surface area contributed by atoms with Crippen LogP contribution in [0.15, 0.2) is 41.4 Å². The van der Waals surface area contributed by atoms with E-state index in [1.54, 1.807) is 6.20 Å². The first-order chi connectivity index (χ1) is 9.88. The van der Waals surface area contributed by atoms with Crippen molar-refractivity contribution in [1.29, 1.82) is 5.26 Å². The number of hydrogen-bond acceptors (Lipinski definition) is 6. The van der Waals surface area contributed by atoms with Crippen LogP contribution in [0.1, 0.15) is 11.4 Å². The second-order valence-electron chi connectivity index (χ2n) is 4.20. The molecule has 98 valence electrons. The molecule has 0 bridgehead atoms. The summed E-state index contributed by atoms with van der Waals surface area (Å²) in [5.41, 5.74) is 2.17. The Morgan fingerprint density at radius 3 is 2.95 bits per heavy atom. The molecule has 3 aromatic rings. The molecule has 20 heavy (non-hydrogen) atoms. The SMILES string of the molecule is N#Cc1cnc2ccccc2c1NCCc1ncon1. The number of aromatic nitrogens is 3. The van der Waals surface area contributed by atoms with Gasteiger partial charge < -0.3 is 9.84 Å². The highest BCUT2D eigenvalue weighted by atomic mass is 16.5. The van der Waals surface area contributed by atoms with Crippen LogP contribution in [-0.4, -0.2) is 21.7 Å². The van der Waals surface area contributed by atoms with Crippen molar-refractivity contribution in [2.75, 3.05) is 11.9 Å². The second-order valence-corrected chi connectivity index (χ2v) is 4.20. The first-order valence-corrected chi connectivity index (χ1v) is 6.15. The van der Waals surface area contributed by atoms with Crippen LogP contribution < -0.4 is 5.32 Å². The highest BCUT2D eigenvalue weighted by Crippen LogP contribution is 2.25. The minimum Gasteiger partial charge on any atom is -0.383 e. The summed E-state index contributed by atoms with van der Waals surface area (Å²) >= 11 is 0. The van der Waals surface area contributed by atoms with E-state index in [9.17, 15) is 5.26 Å². The third-order valence-electron chi connectivity index (χ3n) is 2.95. The zero-order valence-electron chi connectivity index (χ0n) is 10.6. The summed E-state index contributed by atoms with van der Waals surface area (Å²) in [6.45, 7) is 0.613. The van der Waals surface area contributed by atoms with Gasteiger partial charge in [0.2, 0.25) is 6.39 Å². The Labute approximate surface area is 115 Å². The van der Waals surface area contributed by atoms with E-state index in [1.165, 1.54) is 6.39 Å².